The minimum absolute atomic E-state index is 0.0224. The number of hydrogen-bond donors (Lipinski definition) is 8. The van der Waals surface area contributed by atoms with Crippen molar-refractivity contribution in [1.82, 2.24) is 41.0 Å². The Hall–Kier alpha value is -9.46. The zero-order valence-electron chi connectivity index (χ0n) is 56.1. The third kappa shape index (κ3) is 21.0. The van der Waals surface area contributed by atoms with Crippen molar-refractivity contribution in [2.45, 2.75) is 78.3 Å². The number of piperazine rings is 1. The average Bonchev–Trinajstić information content (AvgIpc) is 1.56. The molecule has 1 saturated heterocycles. The normalized spacial score (nSPS) is 14.9. The third-order valence-electron chi connectivity index (χ3n) is 16.1. The van der Waals surface area contributed by atoms with Gasteiger partial charge in [-0.3, -0.25) is 43.3 Å². The number of carbonyl (C=O) groups is 11. The summed E-state index contributed by atoms with van der Waals surface area (Å²) in [5.74, 6) is -4.68. The van der Waals surface area contributed by atoms with Gasteiger partial charge in [0, 0.05) is 142 Å². The molecule has 3 atom stereocenters. The topological polar surface area (TPSA) is 383 Å². The van der Waals surface area contributed by atoms with Gasteiger partial charge in [-0.15, -0.1) is 11.6 Å². The molecule has 530 valence electrons. The molecule has 0 aliphatic carbocycles. The molecular formula is C67H87ClN12O18. The molecule has 0 radical (unpaired) electrons. The zero-order chi connectivity index (χ0) is 71.0. The highest BCUT2D eigenvalue weighted by Crippen LogP contribution is 2.48. The molecule has 1 fully saturated rings. The van der Waals surface area contributed by atoms with Crippen LogP contribution in [0, 0.1) is 12.8 Å². The highest BCUT2D eigenvalue weighted by atomic mass is 35.5. The predicted molar refractivity (Wildman–Crippen MR) is 362 cm³/mol. The summed E-state index contributed by atoms with van der Waals surface area (Å²) in [5, 5.41) is 17.1. The first-order valence-electron chi connectivity index (χ1n) is 32.4. The molecule has 3 aliphatic heterocycles. The van der Waals surface area contributed by atoms with Gasteiger partial charge in [0.25, 0.3) is 23.6 Å². The molecule has 2 aromatic heterocycles. The molecule has 0 saturated carbocycles. The Morgan fingerprint density at radius 1 is 0.755 bits per heavy atom. The number of primary amides is 1. The van der Waals surface area contributed by atoms with Crippen LogP contribution < -0.4 is 47.3 Å². The largest absolute Gasteiger partial charge is 0.465 e. The number of hydrogen-bond acceptors (Lipinski definition) is 19. The van der Waals surface area contributed by atoms with Crippen molar-refractivity contribution in [3.05, 3.63) is 94.9 Å². The van der Waals surface area contributed by atoms with Gasteiger partial charge < -0.3 is 90.2 Å². The number of aromatic nitrogens is 1. The molecule has 5 heterocycles. The number of imide groups is 1. The number of H-pyrrole nitrogens is 1. The first-order chi connectivity index (χ1) is 47.0. The first kappa shape index (κ1) is 75.9. The van der Waals surface area contributed by atoms with Crippen molar-refractivity contribution >= 4 is 116 Å². The number of furan rings is 1. The van der Waals surface area contributed by atoms with Crippen LogP contribution in [-0.4, -0.2) is 222 Å². The van der Waals surface area contributed by atoms with Crippen LogP contribution in [0.5, 0.6) is 5.75 Å². The van der Waals surface area contributed by atoms with E-state index in [9.17, 15) is 52.7 Å². The molecule has 5 aromatic rings. The number of alkyl halides is 1. The molecule has 0 spiro atoms. The van der Waals surface area contributed by atoms with Crippen LogP contribution in [0.1, 0.15) is 102 Å². The zero-order valence-corrected chi connectivity index (χ0v) is 56.9. The number of aryl methyl sites for hydroxylation is 1. The lowest BCUT2D eigenvalue weighted by atomic mass is 9.95. The molecule has 98 heavy (non-hydrogen) atoms. The standard InChI is InChI=1S/C52H63ClN10O12.C15H24N2O6/c1-7-73-22-16-40(64)60-44(28(2)3)48(67)59-35(9-8-17-55-51(54)70)47(66)57-33-12-10-30(11-13-33)46(65)58-34-14-15-37-31(23-34)24-39(74-37)49(68)63-27-32(26-53)42-36(63)25-38(75-52(71)62-20-18-61(5)19-21-62)45-43(42)41(29(4)56-45)50(69)72-6;1-2-21-9-10-23-12-11-22-8-6-16-13(18)5-7-17-14(19)3-4-15(17)20/h10-15,23-25,28,32,35,44,56H,7-9,16-22,26-27H2,1-6H3,(H,57,66)(H,58,65)(H,59,67)(H,60,64)(H3,54,55,70);3-4H,2,5-12H2,1H3,(H,16,18)/t32-,35+,44+;/m1./s1. The van der Waals surface area contributed by atoms with Crippen LogP contribution in [0.15, 0.2) is 71.2 Å². The third-order valence-corrected chi connectivity index (χ3v) is 16.4. The number of aromatic amines is 1. The Balaban J connectivity index is 0.000000498. The Morgan fingerprint density at radius 3 is 2.07 bits per heavy atom. The molecule has 11 amide bonds. The van der Waals surface area contributed by atoms with Crippen LogP contribution in [0.2, 0.25) is 0 Å². The lowest BCUT2D eigenvalue weighted by Crippen LogP contribution is -2.54. The minimum Gasteiger partial charge on any atom is -0.465 e. The Labute approximate surface area is 571 Å². The van der Waals surface area contributed by atoms with Crippen molar-refractivity contribution in [2.24, 2.45) is 11.7 Å². The first-order valence-corrected chi connectivity index (χ1v) is 32.9. The van der Waals surface area contributed by atoms with Crippen LogP contribution in [0.4, 0.5) is 26.7 Å². The molecular weight excluding hydrogens is 1300 g/mol. The Morgan fingerprint density at radius 2 is 1.42 bits per heavy atom. The fourth-order valence-corrected chi connectivity index (χ4v) is 11.1. The predicted octanol–water partition coefficient (Wildman–Crippen LogP) is 4.92. The van der Waals surface area contributed by atoms with Crippen molar-refractivity contribution in [1.29, 1.82) is 0 Å². The number of esters is 1. The summed E-state index contributed by atoms with van der Waals surface area (Å²) < 4.78 is 38.2. The number of nitrogens with zero attached hydrogens (tertiary/aromatic N) is 4. The maximum absolute atomic E-state index is 14.5. The molecule has 30 nitrogen and oxygen atoms in total. The quantitative estimate of drug-likeness (QED) is 0.0120. The van der Waals surface area contributed by atoms with E-state index in [1.54, 1.807) is 62.9 Å². The molecule has 3 aromatic carbocycles. The smallest absolute Gasteiger partial charge is 0.415 e. The number of anilines is 3. The molecule has 9 N–H and O–H groups in total. The Bertz CT molecular complexity index is 3680. The van der Waals surface area contributed by atoms with Gasteiger partial charge in [-0.2, -0.15) is 0 Å². The van der Waals surface area contributed by atoms with E-state index in [4.69, 9.17) is 50.2 Å². The second kappa shape index (κ2) is 37.3. The summed E-state index contributed by atoms with van der Waals surface area (Å²) in [5.41, 5.74) is 8.62. The van der Waals surface area contributed by atoms with E-state index in [1.165, 1.54) is 48.4 Å². The molecule has 3 aliphatic rings. The second-order valence-electron chi connectivity index (χ2n) is 23.4. The Kier molecular flexibility index (Phi) is 28.9. The van der Waals surface area contributed by atoms with Crippen LogP contribution in [-0.2, 0) is 52.5 Å². The van der Waals surface area contributed by atoms with Crippen LogP contribution in [0.3, 0.4) is 0 Å². The number of likely N-dealkylation sites (N-methyl/N-ethyl adjacent to an activating group) is 1. The highest BCUT2D eigenvalue weighted by molar-refractivity contribution is 6.20. The van der Waals surface area contributed by atoms with Crippen molar-refractivity contribution in [2.75, 3.05) is 141 Å². The number of rotatable bonds is 33. The van der Waals surface area contributed by atoms with Crippen molar-refractivity contribution < 1.29 is 85.6 Å². The van der Waals surface area contributed by atoms with Gasteiger partial charge in [0.1, 0.15) is 17.7 Å². The van der Waals surface area contributed by atoms with E-state index in [2.05, 4.69) is 41.8 Å². The molecule has 8 rings (SSSR count). The number of amides is 11. The van der Waals surface area contributed by atoms with Gasteiger partial charge in [0.05, 0.1) is 63.5 Å². The van der Waals surface area contributed by atoms with Gasteiger partial charge in [-0.1, -0.05) is 13.8 Å². The summed E-state index contributed by atoms with van der Waals surface area (Å²) in [6.07, 6.45) is 2.37. The number of urea groups is 1. The van der Waals surface area contributed by atoms with E-state index in [1.807, 2.05) is 14.0 Å². The van der Waals surface area contributed by atoms with E-state index in [0.717, 1.165) is 4.90 Å². The monoisotopic (exact) mass is 1380 g/mol. The lowest BCUT2D eigenvalue weighted by molar-refractivity contribution is -0.137. The fourth-order valence-electron chi connectivity index (χ4n) is 10.9. The van der Waals surface area contributed by atoms with Gasteiger partial charge in [-0.05, 0) is 101 Å². The number of halogens is 1. The number of benzene rings is 3. The summed E-state index contributed by atoms with van der Waals surface area (Å²) in [4.78, 5) is 149. The maximum Gasteiger partial charge on any atom is 0.415 e. The number of ether oxygens (including phenoxy) is 6. The summed E-state index contributed by atoms with van der Waals surface area (Å²) >= 11 is 6.58. The van der Waals surface area contributed by atoms with E-state index in [0.29, 0.717) is 129 Å². The van der Waals surface area contributed by atoms with Gasteiger partial charge in [0.2, 0.25) is 23.6 Å². The second-order valence-corrected chi connectivity index (χ2v) is 23.7. The fraction of sp³-hybridized carbons (Fsp3) is 0.478. The summed E-state index contributed by atoms with van der Waals surface area (Å²) in [6.45, 7) is 15.7. The molecule has 0 bridgehead atoms. The van der Waals surface area contributed by atoms with Crippen molar-refractivity contribution in [3.63, 3.8) is 0 Å². The van der Waals surface area contributed by atoms with Crippen molar-refractivity contribution in [3.8, 4) is 5.75 Å². The summed E-state index contributed by atoms with van der Waals surface area (Å²) in [7, 11) is 3.24. The van der Waals surface area contributed by atoms with Gasteiger partial charge >= 0.3 is 18.1 Å². The minimum atomic E-state index is -1.07. The van der Waals surface area contributed by atoms with Crippen LogP contribution >= 0.6 is 11.6 Å². The number of nitrogens with one attached hydrogen (secondary N) is 7. The van der Waals surface area contributed by atoms with Gasteiger partial charge in [0.15, 0.2) is 11.5 Å². The van der Waals surface area contributed by atoms with E-state index >= 15 is 0 Å². The van der Waals surface area contributed by atoms with Crippen LogP contribution in [0.25, 0.3) is 21.9 Å². The van der Waals surface area contributed by atoms with E-state index in [-0.39, 0.29) is 110 Å². The highest BCUT2D eigenvalue weighted by Gasteiger charge is 2.40. The SMILES string of the molecule is CCOCCC(=O)N[C@H](C(=O)N[C@@H](CCCNC(N)=O)C(=O)Nc1ccc(C(=O)Nc2ccc3oc(C(=O)N4C[C@@H](CCl)c5c4cc(OC(=O)N4CCN(C)CC4)c4[nH]c(C)c(C(=O)OC)c54)cc3c2)cc1)C(C)C.CCOCCOCCOCCNC(=O)CCN1C(=O)C=CC1=O. The van der Waals surface area contributed by atoms with E-state index < -0.39 is 59.7 Å². The van der Waals surface area contributed by atoms with Gasteiger partial charge in [-0.25, -0.2) is 14.4 Å². The molecule has 0 unspecified atom stereocenters. The summed E-state index contributed by atoms with van der Waals surface area (Å²) in [6, 6.07) is 11.4. The maximum atomic E-state index is 14.5. The number of fused-ring (bicyclic) bond motifs is 4. The molecule has 31 heteroatoms. The number of methoxy groups -OCH3 is 1. The number of nitrogens with two attached hydrogens (primary N) is 1. The number of carbonyl (C=O) groups excluding carboxylic acids is 11. The average molecular weight is 1380 g/mol. The lowest BCUT2D eigenvalue weighted by Gasteiger charge is -2.31.